The quantitative estimate of drug-likeness (QED) is 0.0800. The Balaban J connectivity index is 0. The van der Waals surface area contributed by atoms with Crippen LogP contribution in [0.4, 0.5) is 0 Å². The smallest absolute Gasteiger partial charge is 0.543 e. The summed E-state index contributed by atoms with van der Waals surface area (Å²) in [4.78, 5) is 65.4. The Kier molecular flexibility index (Phi) is 24.1. The number of nitrogens with zero attached hydrogens (tertiary/aromatic N) is 8. The summed E-state index contributed by atoms with van der Waals surface area (Å²) in [6.07, 6.45) is 12.3. The van der Waals surface area contributed by atoms with Crippen molar-refractivity contribution < 1.29 is 75.1 Å². The van der Waals surface area contributed by atoms with Crippen molar-refractivity contribution in [1.82, 2.24) is 39.9 Å². The van der Waals surface area contributed by atoms with Gasteiger partial charge in [-0.25, -0.2) is 9.97 Å². The average Bonchev–Trinajstić information content (AvgIpc) is 3.89. The zero-order valence-electron chi connectivity index (χ0n) is 27.9. The van der Waals surface area contributed by atoms with Crippen LogP contribution in [0.1, 0.15) is 21.0 Å². The van der Waals surface area contributed by atoms with Crippen molar-refractivity contribution in [2.75, 3.05) is 0 Å². The fourth-order valence-corrected chi connectivity index (χ4v) is 4.10. The first-order valence-electron chi connectivity index (χ1n) is 14.2. The van der Waals surface area contributed by atoms with Crippen LogP contribution < -0.4 is 10.2 Å². The normalized spacial score (nSPS) is 8.86. The second-order valence-corrected chi connectivity index (χ2v) is 9.36. The second-order valence-electron chi connectivity index (χ2n) is 9.36. The maximum absolute atomic E-state index is 9.87. The number of nitrogens with one attached hydrogen (secondary N) is 2. The maximum Gasteiger partial charge on any atom is 2.00 e. The van der Waals surface area contributed by atoms with E-state index in [0.717, 1.165) is 43.6 Å². The van der Waals surface area contributed by atoms with Crippen molar-refractivity contribution in [3.63, 3.8) is 0 Å². The molecule has 0 bridgehead atoms. The molecule has 7 N–H and O–H groups in total. The van der Waals surface area contributed by atoms with E-state index >= 15 is 0 Å². The Bertz CT molecular complexity index is 2110. The van der Waals surface area contributed by atoms with Crippen molar-refractivity contribution in [1.29, 1.82) is 0 Å². The van der Waals surface area contributed by atoms with E-state index < -0.39 is 22.1 Å². The van der Waals surface area contributed by atoms with E-state index in [9.17, 15) is 19.8 Å². The number of rotatable bonds is 2. The van der Waals surface area contributed by atoms with Crippen molar-refractivity contribution >= 4 is 55.6 Å². The van der Waals surface area contributed by atoms with Gasteiger partial charge in [-0.05, 0) is 24.3 Å². The van der Waals surface area contributed by atoms with Crippen molar-refractivity contribution in [3.8, 4) is 0 Å². The third-order valence-corrected chi connectivity index (χ3v) is 6.10. The van der Waals surface area contributed by atoms with Crippen LogP contribution in [-0.4, -0.2) is 67.5 Å². The van der Waals surface area contributed by atoms with Crippen LogP contribution in [0, 0.1) is 30.6 Å². The van der Waals surface area contributed by atoms with Crippen LogP contribution >= 0.6 is 0 Å². The van der Waals surface area contributed by atoms with Gasteiger partial charge < -0.3 is 71.4 Å². The number of hydrogen-bond donors (Lipinski definition) is 2. The Labute approximate surface area is 334 Å². The molecule has 0 atom stereocenters. The standard InChI is InChI=1S/2C12H8N2.2C4H4N2O2.2Cu.2NO3.2H2O/c2*1-3-9-5-6-10-4-2-8-14-12(10)11(9)13-7-1;2*7-4(8)3-1-5-2-6-3;;;2*2-1(3)4;;/h2*1-8H;2*1-2H,(H,5,6)(H,7,8);;;;;2*1H2/q;;;;2*+2;2*-1;;/p-1. The number of carboxylic acid groups (broad SMARTS) is 2. The number of aromatic carboxylic acids is 2. The topological polar surface area (TPSA) is 386 Å². The number of imidazole rings is 2. The molecule has 2 aromatic carbocycles. The number of aromatic nitrogens is 8. The largest absolute Gasteiger partial charge is 2.00 e. The third-order valence-electron chi connectivity index (χ3n) is 6.10. The molecular weight excluding hydrogens is 844 g/mol. The number of carbonyl (C=O) groups is 2. The van der Waals surface area contributed by atoms with E-state index in [-0.39, 0.29) is 56.5 Å². The first-order valence-corrected chi connectivity index (χ1v) is 14.2. The van der Waals surface area contributed by atoms with Gasteiger partial charge in [0.2, 0.25) is 0 Å². The number of carbonyl (C=O) groups excluding carboxylic acids is 2. The van der Waals surface area contributed by atoms with Crippen LogP contribution in [0.5, 0.6) is 0 Å². The van der Waals surface area contributed by atoms with E-state index in [1.165, 1.54) is 25.0 Å². The average molecular weight is 871 g/mol. The van der Waals surface area contributed by atoms with E-state index in [4.69, 9.17) is 30.6 Å². The number of pyridine rings is 4. The van der Waals surface area contributed by atoms with Gasteiger partial charge in [-0.15, -0.1) is 0 Å². The van der Waals surface area contributed by atoms with E-state index in [2.05, 4.69) is 88.4 Å². The number of fused-ring (bicyclic) bond motifs is 6. The molecule has 56 heavy (non-hydrogen) atoms. The van der Waals surface area contributed by atoms with Gasteiger partial charge in [-0.2, -0.15) is 0 Å². The number of hydrogen-bond acceptors (Lipinski definition) is 16. The SMILES string of the molecule is O.O=C([O-])c1c[nH]cn1.O=C([O-])c1c[nH]cn1.O=[N+]([O-])[O-].O=[N+]([O-])[O-].[Cu+2].[Cu+2].[OH3+].c1cnc2c(c1)ccc1cccnc12.c1cnc2c(c1)ccc1cccnc12. The van der Waals surface area contributed by atoms with Crippen molar-refractivity contribution in [2.45, 2.75) is 0 Å². The van der Waals surface area contributed by atoms with Crippen LogP contribution in [0.2, 0.25) is 0 Å². The molecule has 8 aromatic rings. The summed E-state index contributed by atoms with van der Waals surface area (Å²) < 4.78 is 0. The van der Waals surface area contributed by atoms with Crippen molar-refractivity contribution in [3.05, 3.63) is 165 Å². The second kappa shape index (κ2) is 26.5. The molecule has 24 heteroatoms. The van der Waals surface area contributed by atoms with Gasteiger partial charge in [-0.1, -0.05) is 48.5 Å². The summed E-state index contributed by atoms with van der Waals surface area (Å²) in [6, 6.07) is 24.3. The van der Waals surface area contributed by atoms with Gasteiger partial charge in [0.15, 0.2) is 0 Å². The molecule has 6 heterocycles. The van der Waals surface area contributed by atoms with E-state index in [1.807, 2.05) is 24.3 Å². The van der Waals surface area contributed by atoms with Crippen molar-refractivity contribution in [2.24, 2.45) is 0 Å². The van der Waals surface area contributed by atoms with Crippen LogP contribution in [0.15, 0.2) is 123 Å². The molecule has 22 nitrogen and oxygen atoms in total. The molecule has 0 saturated carbocycles. The van der Waals surface area contributed by atoms with E-state index in [1.54, 1.807) is 24.8 Å². The van der Waals surface area contributed by atoms with Gasteiger partial charge in [0.25, 0.3) is 0 Å². The van der Waals surface area contributed by atoms with Crippen LogP contribution in [0.25, 0.3) is 43.6 Å². The summed E-state index contributed by atoms with van der Waals surface area (Å²) in [5, 5.41) is 53.8. The molecule has 2 radical (unpaired) electrons. The minimum atomic E-state index is -1.75. The van der Waals surface area contributed by atoms with E-state index in [0.29, 0.717) is 0 Å². The first kappa shape index (κ1) is 50.9. The fraction of sp³-hybridized carbons (Fsp3) is 0. The van der Waals surface area contributed by atoms with Gasteiger partial charge in [0.05, 0.1) is 56.8 Å². The number of aromatic amines is 2. The fourth-order valence-electron chi connectivity index (χ4n) is 4.10. The zero-order chi connectivity index (χ0) is 37.9. The number of benzene rings is 2. The maximum atomic E-state index is 9.87. The molecule has 0 fully saturated rings. The first-order chi connectivity index (χ1) is 25.0. The molecule has 0 aliphatic carbocycles. The molecule has 6 aromatic heterocycles. The minimum absolute atomic E-state index is 0. The summed E-state index contributed by atoms with van der Waals surface area (Å²) in [5.41, 5.74) is 3.78. The zero-order valence-corrected chi connectivity index (χ0v) is 29.8. The number of H-pyrrole nitrogens is 2. The van der Waals surface area contributed by atoms with Gasteiger partial charge in [0.1, 0.15) is 11.4 Å². The number of carboxylic acids is 2. The van der Waals surface area contributed by atoms with Crippen LogP contribution in [-0.2, 0) is 39.6 Å². The summed E-state index contributed by atoms with van der Waals surface area (Å²) in [7, 11) is 0. The molecular formula is C32H27Cu2N10O12+. The Hall–Kier alpha value is -7.20. The molecule has 0 aliphatic heterocycles. The van der Waals surface area contributed by atoms with Crippen LogP contribution in [0.3, 0.4) is 0 Å². The molecule has 0 amide bonds. The van der Waals surface area contributed by atoms with Gasteiger partial charge in [0, 0.05) is 58.7 Å². The predicted octanol–water partition coefficient (Wildman–Crippen LogP) is 0.883. The molecule has 0 spiro atoms. The molecule has 298 valence electrons. The van der Waals surface area contributed by atoms with Gasteiger partial charge >= 0.3 is 34.1 Å². The monoisotopic (exact) mass is 869 g/mol. The molecule has 8 rings (SSSR count). The predicted molar refractivity (Wildman–Crippen MR) is 189 cm³/mol. The Morgan fingerprint density at radius 2 is 0.714 bits per heavy atom. The molecule has 0 aliphatic rings. The van der Waals surface area contributed by atoms with Gasteiger partial charge in [-0.3, -0.25) is 19.9 Å². The Morgan fingerprint density at radius 1 is 0.482 bits per heavy atom. The minimum Gasteiger partial charge on any atom is -0.543 e. The summed E-state index contributed by atoms with van der Waals surface area (Å²) >= 11 is 0. The molecule has 0 saturated heterocycles. The summed E-state index contributed by atoms with van der Waals surface area (Å²) in [5.74, 6) is -2.52. The third kappa shape index (κ3) is 16.6. The summed E-state index contributed by atoms with van der Waals surface area (Å²) in [6.45, 7) is 0. The Morgan fingerprint density at radius 3 is 0.875 bits per heavy atom. The molecule has 0 unspecified atom stereocenters.